The topological polar surface area (TPSA) is 42.7 Å². The van der Waals surface area contributed by atoms with Crippen LogP contribution in [0.1, 0.15) is 5.56 Å². The van der Waals surface area contributed by atoms with Crippen LogP contribution in [0.5, 0.6) is 0 Å². The fourth-order valence-corrected chi connectivity index (χ4v) is 1.33. The SMILES string of the molecule is S=C(NCc1ccccc1)n1cncn1. The van der Waals surface area contributed by atoms with Crippen molar-refractivity contribution < 1.29 is 0 Å². The van der Waals surface area contributed by atoms with Crippen LogP contribution < -0.4 is 5.32 Å². The second-order valence-electron chi connectivity index (χ2n) is 2.98. The molecule has 0 amide bonds. The molecule has 0 saturated heterocycles. The van der Waals surface area contributed by atoms with E-state index in [0.29, 0.717) is 11.7 Å². The first kappa shape index (κ1) is 9.79. The van der Waals surface area contributed by atoms with E-state index in [1.165, 1.54) is 16.6 Å². The fourth-order valence-electron chi connectivity index (χ4n) is 1.17. The number of nitrogens with zero attached hydrogens (tertiary/aromatic N) is 3. The molecule has 1 N–H and O–H groups in total. The fraction of sp³-hybridized carbons (Fsp3) is 0.100. The molecule has 0 aliphatic heterocycles. The molecule has 0 aliphatic rings. The Labute approximate surface area is 93.0 Å². The van der Waals surface area contributed by atoms with E-state index in [-0.39, 0.29) is 0 Å². The summed E-state index contributed by atoms with van der Waals surface area (Å²) in [5.74, 6) is 0. The third-order valence-electron chi connectivity index (χ3n) is 1.91. The lowest BCUT2D eigenvalue weighted by molar-refractivity contribution is 0.835. The van der Waals surface area contributed by atoms with E-state index in [1.54, 1.807) is 6.33 Å². The van der Waals surface area contributed by atoms with Crippen molar-refractivity contribution in [3.8, 4) is 0 Å². The number of thiocarbonyl (C=S) groups is 1. The maximum Gasteiger partial charge on any atom is 0.195 e. The van der Waals surface area contributed by atoms with Gasteiger partial charge < -0.3 is 5.32 Å². The van der Waals surface area contributed by atoms with Crippen molar-refractivity contribution >= 4 is 17.3 Å². The van der Waals surface area contributed by atoms with Gasteiger partial charge in [-0.15, -0.1) is 0 Å². The van der Waals surface area contributed by atoms with Gasteiger partial charge in [-0.1, -0.05) is 30.3 Å². The molecule has 0 atom stereocenters. The minimum Gasteiger partial charge on any atom is -0.357 e. The molecule has 0 aliphatic carbocycles. The molecule has 0 unspecified atom stereocenters. The monoisotopic (exact) mass is 218 g/mol. The lowest BCUT2D eigenvalue weighted by atomic mass is 10.2. The van der Waals surface area contributed by atoms with Gasteiger partial charge in [0.05, 0.1) is 0 Å². The van der Waals surface area contributed by atoms with Gasteiger partial charge in [0, 0.05) is 6.54 Å². The summed E-state index contributed by atoms with van der Waals surface area (Å²) in [6.45, 7) is 0.694. The van der Waals surface area contributed by atoms with E-state index in [0.717, 1.165) is 0 Å². The van der Waals surface area contributed by atoms with Crippen molar-refractivity contribution in [3.63, 3.8) is 0 Å². The van der Waals surface area contributed by atoms with Crippen LogP contribution in [0.3, 0.4) is 0 Å². The van der Waals surface area contributed by atoms with Gasteiger partial charge in [0.1, 0.15) is 12.7 Å². The molecule has 15 heavy (non-hydrogen) atoms. The highest BCUT2D eigenvalue weighted by Crippen LogP contribution is 1.97. The Balaban J connectivity index is 1.92. The van der Waals surface area contributed by atoms with Gasteiger partial charge in [-0.3, -0.25) is 0 Å². The number of aromatic nitrogens is 3. The summed E-state index contributed by atoms with van der Waals surface area (Å²) >= 11 is 5.12. The van der Waals surface area contributed by atoms with Crippen LogP contribution in [0.2, 0.25) is 0 Å². The van der Waals surface area contributed by atoms with Crippen LogP contribution in [-0.4, -0.2) is 19.9 Å². The number of benzene rings is 1. The Morgan fingerprint density at radius 1 is 1.33 bits per heavy atom. The molecule has 4 nitrogen and oxygen atoms in total. The summed E-state index contributed by atoms with van der Waals surface area (Å²) in [7, 11) is 0. The minimum atomic E-state index is 0.552. The molecule has 76 valence electrons. The summed E-state index contributed by atoms with van der Waals surface area (Å²) in [5.41, 5.74) is 1.18. The summed E-state index contributed by atoms with van der Waals surface area (Å²) in [6.07, 6.45) is 3.02. The zero-order valence-electron chi connectivity index (χ0n) is 8.00. The number of hydrogen-bond donors (Lipinski definition) is 1. The molecule has 1 aromatic heterocycles. The first-order valence-electron chi connectivity index (χ1n) is 4.53. The van der Waals surface area contributed by atoms with Crippen molar-refractivity contribution in [2.24, 2.45) is 0 Å². The van der Waals surface area contributed by atoms with E-state index in [4.69, 9.17) is 12.2 Å². The molecule has 0 saturated carbocycles. The molecule has 2 aromatic rings. The third-order valence-corrected chi connectivity index (χ3v) is 2.24. The van der Waals surface area contributed by atoms with Crippen LogP contribution in [0.4, 0.5) is 0 Å². The first-order chi connectivity index (χ1) is 7.36. The predicted molar refractivity (Wildman–Crippen MR) is 61.3 cm³/mol. The van der Waals surface area contributed by atoms with Crippen molar-refractivity contribution in [2.75, 3.05) is 0 Å². The van der Waals surface area contributed by atoms with E-state index >= 15 is 0 Å². The average Bonchev–Trinajstić information content (AvgIpc) is 2.81. The largest absolute Gasteiger partial charge is 0.357 e. The quantitative estimate of drug-likeness (QED) is 0.769. The van der Waals surface area contributed by atoms with Crippen LogP contribution in [0.15, 0.2) is 43.0 Å². The Morgan fingerprint density at radius 3 is 2.80 bits per heavy atom. The van der Waals surface area contributed by atoms with Gasteiger partial charge >= 0.3 is 0 Å². The Hall–Kier alpha value is -1.75. The summed E-state index contributed by atoms with van der Waals surface area (Å²) in [4.78, 5) is 3.82. The maximum atomic E-state index is 5.12. The van der Waals surface area contributed by atoms with E-state index in [1.807, 2.05) is 30.3 Å². The van der Waals surface area contributed by atoms with Gasteiger partial charge in [-0.25, -0.2) is 4.98 Å². The average molecular weight is 218 g/mol. The van der Waals surface area contributed by atoms with Crippen LogP contribution in [0.25, 0.3) is 0 Å². The molecule has 0 radical (unpaired) electrons. The highest BCUT2D eigenvalue weighted by Gasteiger charge is 1.98. The van der Waals surface area contributed by atoms with E-state index < -0.39 is 0 Å². The molecule has 1 aromatic carbocycles. The highest BCUT2D eigenvalue weighted by atomic mass is 32.1. The predicted octanol–water partition coefficient (Wildman–Crippen LogP) is 1.20. The zero-order valence-corrected chi connectivity index (χ0v) is 8.81. The second kappa shape index (κ2) is 4.65. The Bertz CT molecular complexity index is 424. The van der Waals surface area contributed by atoms with Crippen LogP contribution >= 0.6 is 12.2 Å². The summed E-state index contributed by atoms with van der Waals surface area (Å²) in [5, 5.41) is 7.58. The van der Waals surface area contributed by atoms with Crippen molar-refractivity contribution in [2.45, 2.75) is 6.54 Å². The molecular formula is C10H10N4S. The van der Waals surface area contributed by atoms with Crippen LogP contribution in [-0.2, 0) is 6.54 Å². The smallest absolute Gasteiger partial charge is 0.195 e. The maximum absolute atomic E-state index is 5.12. The zero-order chi connectivity index (χ0) is 10.5. The van der Waals surface area contributed by atoms with Gasteiger partial charge in [-0.05, 0) is 17.8 Å². The lowest BCUT2D eigenvalue weighted by Gasteiger charge is -2.06. The molecule has 0 spiro atoms. The molecular weight excluding hydrogens is 208 g/mol. The summed E-state index contributed by atoms with van der Waals surface area (Å²) in [6, 6.07) is 10.1. The van der Waals surface area contributed by atoms with Gasteiger partial charge in [0.2, 0.25) is 0 Å². The third kappa shape index (κ3) is 2.60. The van der Waals surface area contributed by atoms with E-state index in [9.17, 15) is 0 Å². The van der Waals surface area contributed by atoms with Gasteiger partial charge in [0.25, 0.3) is 0 Å². The van der Waals surface area contributed by atoms with Gasteiger partial charge in [-0.2, -0.15) is 9.78 Å². The molecule has 0 bridgehead atoms. The highest BCUT2D eigenvalue weighted by molar-refractivity contribution is 7.80. The van der Waals surface area contributed by atoms with Crippen molar-refractivity contribution in [3.05, 3.63) is 48.5 Å². The van der Waals surface area contributed by atoms with Crippen molar-refractivity contribution in [1.29, 1.82) is 0 Å². The molecule has 0 fully saturated rings. The number of nitrogens with one attached hydrogen (secondary N) is 1. The Morgan fingerprint density at radius 2 is 2.13 bits per heavy atom. The van der Waals surface area contributed by atoms with E-state index in [2.05, 4.69) is 15.4 Å². The molecule has 5 heteroatoms. The molecule has 2 rings (SSSR count). The minimum absolute atomic E-state index is 0.552. The van der Waals surface area contributed by atoms with Crippen LogP contribution in [0, 0.1) is 0 Å². The lowest BCUT2D eigenvalue weighted by Crippen LogP contribution is -2.28. The second-order valence-corrected chi connectivity index (χ2v) is 3.37. The van der Waals surface area contributed by atoms with Crippen molar-refractivity contribution in [1.82, 2.24) is 20.1 Å². The Kier molecular flexibility index (Phi) is 3.04. The standard InChI is InChI=1S/C10H10N4S/c15-10(14-8-11-7-13-14)12-6-9-4-2-1-3-5-9/h1-5,7-8H,6H2,(H,12,15). The normalized spacial score (nSPS) is 9.87. The first-order valence-corrected chi connectivity index (χ1v) is 4.94. The number of hydrogen-bond acceptors (Lipinski definition) is 3. The van der Waals surface area contributed by atoms with Gasteiger partial charge in [0.15, 0.2) is 5.11 Å². The number of rotatable bonds is 2. The summed E-state index contributed by atoms with van der Waals surface area (Å²) < 4.78 is 1.53. The molecule has 1 heterocycles.